The van der Waals surface area contributed by atoms with E-state index in [1.807, 2.05) is 0 Å². The molecule has 1 N–H and O–H groups in total. The number of alkyl halides is 3. The van der Waals surface area contributed by atoms with Crippen LogP contribution >= 0.6 is 11.6 Å². The lowest BCUT2D eigenvalue weighted by molar-refractivity contribution is -0.141. The summed E-state index contributed by atoms with van der Waals surface area (Å²) >= 11 is 5.47. The van der Waals surface area contributed by atoms with Crippen LogP contribution in [0.2, 0.25) is 5.28 Å². The average molecular weight is 266 g/mol. The van der Waals surface area contributed by atoms with Gasteiger partial charge in [-0.2, -0.15) is 13.2 Å². The van der Waals surface area contributed by atoms with Gasteiger partial charge in [-0.1, -0.05) is 6.92 Å². The fourth-order valence-corrected chi connectivity index (χ4v) is 2.05. The molecule has 94 valence electrons. The predicted octanol–water partition coefficient (Wildman–Crippen LogP) is 3.36. The molecule has 7 heteroatoms. The Kier molecular flexibility index (Phi) is 3.16. The molecule has 0 spiro atoms. The molecule has 1 aromatic rings. The summed E-state index contributed by atoms with van der Waals surface area (Å²) in [5.74, 6) is 0.737. The van der Waals surface area contributed by atoms with Gasteiger partial charge < -0.3 is 5.32 Å². The van der Waals surface area contributed by atoms with Gasteiger partial charge in [0.25, 0.3) is 0 Å². The van der Waals surface area contributed by atoms with Crippen molar-refractivity contribution in [3.8, 4) is 0 Å². The van der Waals surface area contributed by atoms with Crippen LogP contribution in [0.5, 0.6) is 0 Å². The van der Waals surface area contributed by atoms with Crippen LogP contribution in [0.3, 0.4) is 0 Å². The molecule has 2 rings (SSSR count). The summed E-state index contributed by atoms with van der Waals surface area (Å²) in [7, 11) is 0. The Balaban J connectivity index is 2.14. The highest BCUT2D eigenvalue weighted by molar-refractivity contribution is 6.28. The Morgan fingerprint density at radius 2 is 2.00 bits per heavy atom. The molecule has 1 heterocycles. The third-order valence-corrected chi connectivity index (χ3v) is 2.88. The van der Waals surface area contributed by atoms with E-state index in [0.717, 1.165) is 18.9 Å². The van der Waals surface area contributed by atoms with Gasteiger partial charge in [-0.3, -0.25) is 0 Å². The van der Waals surface area contributed by atoms with Gasteiger partial charge in [-0.25, -0.2) is 9.97 Å². The van der Waals surface area contributed by atoms with E-state index in [4.69, 9.17) is 11.6 Å². The zero-order valence-corrected chi connectivity index (χ0v) is 9.81. The highest BCUT2D eigenvalue weighted by atomic mass is 35.5. The normalized spacial score (nSPS) is 24.3. The van der Waals surface area contributed by atoms with Crippen molar-refractivity contribution < 1.29 is 13.2 Å². The molecule has 0 bridgehead atoms. The van der Waals surface area contributed by atoms with Crippen LogP contribution in [0, 0.1) is 5.92 Å². The van der Waals surface area contributed by atoms with E-state index in [1.165, 1.54) is 0 Å². The molecule has 0 unspecified atom stereocenters. The molecule has 1 aliphatic carbocycles. The van der Waals surface area contributed by atoms with Crippen LogP contribution in [0.1, 0.15) is 25.5 Å². The first-order chi connectivity index (χ1) is 7.84. The van der Waals surface area contributed by atoms with Gasteiger partial charge in [0.2, 0.25) is 5.28 Å². The van der Waals surface area contributed by atoms with Gasteiger partial charge >= 0.3 is 6.18 Å². The summed E-state index contributed by atoms with van der Waals surface area (Å²) in [5, 5.41) is 2.53. The summed E-state index contributed by atoms with van der Waals surface area (Å²) in [6.45, 7) is 2.09. The Labute approximate surface area is 101 Å². The minimum atomic E-state index is -4.50. The van der Waals surface area contributed by atoms with E-state index >= 15 is 0 Å². The van der Waals surface area contributed by atoms with Gasteiger partial charge in [0.1, 0.15) is 5.82 Å². The molecule has 0 amide bonds. The summed E-state index contributed by atoms with van der Waals surface area (Å²) in [4.78, 5) is 6.90. The maximum Gasteiger partial charge on any atom is 0.433 e. The second kappa shape index (κ2) is 4.33. The smallest absolute Gasteiger partial charge is 0.367 e. The van der Waals surface area contributed by atoms with Gasteiger partial charge in [0.15, 0.2) is 5.69 Å². The van der Waals surface area contributed by atoms with E-state index in [0.29, 0.717) is 5.92 Å². The summed E-state index contributed by atoms with van der Waals surface area (Å²) in [5.41, 5.74) is -1.02. The lowest BCUT2D eigenvalue weighted by atomic mass is 9.82. The van der Waals surface area contributed by atoms with Crippen LogP contribution in [0.4, 0.5) is 19.0 Å². The van der Waals surface area contributed by atoms with E-state index in [2.05, 4.69) is 22.2 Å². The zero-order valence-electron chi connectivity index (χ0n) is 9.05. The lowest BCUT2D eigenvalue weighted by Crippen LogP contribution is -2.34. The molecule has 3 nitrogen and oxygen atoms in total. The monoisotopic (exact) mass is 265 g/mol. The van der Waals surface area contributed by atoms with Crippen molar-refractivity contribution >= 4 is 17.4 Å². The average Bonchev–Trinajstić information content (AvgIpc) is 2.13. The van der Waals surface area contributed by atoms with Crippen LogP contribution in [-0.2, 0) is 6.18 Å². The number of rotatable bonds is 2. The quantitative estimate of drug-likeness (QED) is 0.833. The van der Waals surface area contributed by atoms with Gasteiger partial charge in [-0.05, 0) is 30.4 Å². The predicted molar refractivity (Wildman–Crippen MR) is 57.9 cm³/mol. The molecule has 1 saturated carbocycles. The molecule has 0 aliphatic heterocycles. The number of anilines is 1. The van der Waals surface area contributed by atoms with Gasteiger partial charge in [0.05, 0.1) is 0 Å². The molecule has 17 heavy (non-hydrogen) atoms. The highest BCUT2D eigenvalue weighted by Crippen LogP contribution is 2.32. The van der Waals surface area contributed by atoms with Crippen LogP contribution in [0.15, 0.2) is 6.07 Å². The van der Waals surface area contributed by atoms with Gasteiger partial charge in [-0.15, -0.1) is 0 Å². The summed E-state index contributed by atoms with van der Waals surface area (Å²) in [6, 6.07) is 1.06. The first kappa shape index (κ1) is 12.4. The fraction of sp³-hybridized carbons (Fsp3) is 0.600. The Bertz CT molecular complexity index is 416. The third-order valence-electron chi connectivity index (χ3n) is 2.72. The SMILES string of the molecule is CC1CC(Nc2cc(C(F)(F)F)nc(Cl)n2)C1. The van der Waals surface area contributed by atoms with Gasteiger partial charge in [0, 0.05) is 12.1 Å². The second-order valence-corrected chi connectivity index (χ2v) is 4.66. The number of nitrogens with zero attached hydrogens (tertiary/aromatic N) is 2. The molecule has 0 saturated heterocycles. The van der Waals surface area contributed by atoms with Crippen LogP contribution in [-0.4, -0.2) is 16.0 Å². The van der Waals surface area contributed by atoms with Crippen molar-refractivity contribution in [3.63, 3.8) is 0 Å². The van der Waals surface area contributed by atoms with Crippen molar-refractivity contribution in [1.29, 1.82) is 0 Å². The second-order valence-electron chi connectivity index (χ2n) is 4.32. The number of nitrogens with one attached hydrogen (secondary N) is 1. The molecule has 0 radical (unpaired) electrons. The molecule has 1 aliphatic rings. The first-order valence-corrected chi connectivity index (χ1v) is 5.60. The number of halogens is 4. The number of aromatic nitrogens is 2. The van der Waals surface area contributed by atoms with E-state index in [-0.39, 0.29) is 11.9 Å². The Morgan fingerprint density at radius 1 is 1.35 bits per heavy atom. The molecule has 0 atom stereocenters. The maximum atomic E-state index is 12.5. The highest BCUT2D eigenvalue weighted by Gasteiger charge is 2.34. The van der Waals surface area contributed by atoms with Crippen molar-refractivity contribution in [2.24, 2.45) is 5.92 Å². The molecule has 1 aromatic heterocycles. The summed E-state index contributed by atoms with van der Waals surface area (Å²) < 4.78 is 37.4. The molecular weight excluding hydrogens is 255 g/mol. The minimum Gasteiger partial charge on any atom is -0.367 e. The fourth-order valence-electron chi connectivity index (χ4n) is 1.87. The maximum absolute atomic E-state index is 12.5. The largest absolute Gasteiger partial charge is 0.433 e. The van der Waals surface area contributed by atoms with E-state index in [1.54, 1.807) is 0 Å². The van der Waals surface area contributed by atoms with Crippen LogP contribution in [0.25, 0.3) is 0 Å². The topological polar surface area (TPSA) is 37.8 Å². The molecular formula is C10H11ClF3N3. The Hall–Kier alpha value is -1.04. The van der Waals surface area contributed by atoms with Crippen molar-refractivity contribution in [2.75, 3.05) is 5.32 Å². The Morgan fingerprint density at radius 3 is 2.53 bits per heavy atom. The number of hydrogen-bond donors (Lipinski definition) is 1. The number of hydrogen-bond acceptors (Lipinski definition) is 3. The molecule has 1 fully saturated rings. The van der Waals surface area contributed by atoms with Crippen molar-refractivity contribution in [1.82, 2.24) is 9.97 Å². The molecule has 0 aromatic carbocycles. The minimum absolute atomic E-state index is 0.134. The van der Waals surface area contributed by atoms with E-state index in [9.17, 15) is 13.2 Å². The van der Waals surface area contributed by atoms with Crippen molar-refractivity contribution in [3.05, 3.63) is 17.0 Å². The third kappa shape index (κ3) is 3.00. The zero-order chi connectivity index (χ0) is 12.6. The van der Waals surface area contributed by atoms with E-state index < -0.39 is 17.2 Å². The summed E-state index contributed by atoms with van der Waals surface area (Å²) in [6.07, 6.45) is -2.64. The lowest BCUT2D eigenvalue weighted by Gasteiger charge is -2.33. The van der Waals surface area contributed by atoms with Crippen LogP contribution < -0.4 is 5.32 Å². The van der Waals surface area contributed by atoms with Crippen molar-refractivity contribution in [2.45, 2.75) is 32.0 Å². The first-order valence-electron chi connectivity index (χ1n) is 5.23. The standard InChI is InChI=1S/C10H11ClF3N3/c1-5-2-6(3-5)15-8-4-7(10(12,13)14)16-9(11)17-8/h4-6H,2-3H2,1H3,(H,15,16,17).